The van der Waals surface area contributed by atoms with Crippen LogP contribution in [0.4, 0.5) is 0 Å². The predicted molar refractivity (Wildman–Crippen MR) is 79.5 cm³/mol. The number of hydrogen-bond acceptors (Lipinski definition) is 6. The summed E-state index contributed by atoms with van der Waals surface area (Å²) in [4.78, 5) is 28.9. The molecule has 23 heavy (non-hydrogen) atoms. The summed E-state index contributed by atoms with van der Waals surface area (Å²) in [6.45, 7) is 1.79. The van der Waals surface area contributed by atoms with Crippen molar-refractivity contribution in [1.29, 1.82) is 0 Å². The summed E-state index contributed by atoms with van der Waals surface area (Å²) in [7, 11) is 1.57. The lowest BCUT2D eigenvalue weighted by atomic mass is 10.1. The number of carboxylic acid groups (broad SMARTS) is 1. The van der Waals surface area contributed by atoms with Crippen LogP contribution in [-0.4, -0.2) is 73.0 Å². The van der Waals surface area contributed by atoms with Gasteiger partial charge in [-0.05, 0) is 6.07 Å². The predicted octanol–water partition coefficient (Wildman–Crippen LogP) is 0.422. The normalized spacial score (nSPS) is 17.8. The number of hydrogen-bond donors (Lipinski definition) is 1. The van der Waals surface area contributed by atoms with E-state index in [4.69, 9.17) is 19.3 Å². The van der Waals surface area contributed by atoms with Gasteiger partial charge in [-0.1, -0.05) is 0 Å². The van der Waals surface area contributed by atoms with E-state index in [1.165, 1.54) is 6.20 Å². The molecule has 1 aromatic heterocycles. The zero-order valence-corrected chi connectivity index (χ0v) is 12.9. The number of rotatable bonds is 7. The third kappa shape index (κ3) is 5.19. The zero-order chi connectivity index (χ0) is 16.7. The molecule has 0 radical (unpaired) electrons. The molecule has 1 N–H and O–H groups in total. The molecule has 1 amide bonds. The van der Waals surface area contributed by atoms with Crippen LogP contribution < -0.4 is 4.74 Å². The maximum atomic E-state index is 12.5. The molecular weight excluding hydrogens is 304 g/mol. The highest BCUT2D eigenvalue weighted by molar-refractivity contribution is 5.94. The molecule has 0 aromatic carbocycles. The maximum absolute atomic E-state index is 12.5. The number of ether oxygens (including phenoxy) is 3. The van der Waals surface area contributed by atoms with E-state index in [0.29, 0.717) is 37.8 Å². The molecule has 1 atom stereocenters. The van der Waals surface area contributed by atoms with E-state index in [1.807, 2.05) is 0 Å². The minimum absolute atomic E-state index is 0.120. The van der Waals surface area contributed by atoms with Crippen molar-refractivity contribution in [2.75, 3.05) is 40.0 Å². The highest BCUT2D eigenvalue weighted by atomic mass is 16.5. The smallest absolute Gasteiger partial charge is 0.306 e. The molecule has 1 fully saturated rings. The van der Waals surface area contributed by atoms with Crippen LogP contribution in [0.25, 0.3) is 0 Å². The van der Waals surface area contributed by atoms with Crippen LogP contribution >= 0.6 is 0 Å². The number of pyridine rings is 1. The molecule has 1 saturated heterocycles. The fourth-order valence-electron chi connectivity index (χ4n) is 2.26. The van der Waals surface area contributed by atoms with Crippen molar-refractivity contribution >= 4 is 11.9 Å². The van der Waals surface area contributed by atoms with Crippen molar-refractivity contribution in [2.24, 2.45) is 0 Å². The lowest BCUT2D eigenvalue weighted by Crippen LogP contribution is -2.46. The molecule has 2 rings (SSSR count). The molecule has 1 aliphatic heterocycles. The lowest BCUT2D eigenvalue weighted by molar-refractivity contribution is -0.141. The van der Waals surface area contributed by atoms with Gasteiger partial charge in [0.15, 0.2) is 0 Å². The first-order valence-electron chi connectivity index (χ1n) is 7.30. The van der Waals surface area contributed by atoms with Crippen LogP contribution in [0.1, 0.15) is 16.8 Å². The Morgan fingerprint density at radius 2 is 2.30 bits per heavy atom. The average molecular weight is 324 g/mol. The number of aromatic nitrogens is 1. The Labute approximate surface area is 134 Å². The van der Waals surface area contributed by atoms with Crippen LogP contribution in [0.3, 0.4) is 0 Å². The molecule has 1 aromatic rings. The molecule has 126 valence electrons. The van der Waals surface area contributed by atoms with E-state index in [2.05, 4.69) is 4.98 Å². The number of carbonyl (C=O) groups is 2. The van der Waals surface area contributed by atoms with Gasteiger partial charge in [0.1, 0.15) is 6.61 Å². The molecule has 0 aliphatic carbocycles. The van der Waals surface area contributed by atoms with Crippen molar-refractivity contribution < 1.29 is 28.9 Å². The molecule has 0 saturated carbocycles. The maximum Gasteiger partial charge on any atom is 0.306 e. The van der Waals surface area contributed by atoms with Crippen LogP contribution in [0.15, 0.2) is 18.3 Å². The number of carbonyl (C=O) groups excluding carboxylic acids is 1. The fourth-order valence-corrected chi connectivity index (χ4v) is 2.26. The zero-order valence-electron chi connectivity index (χ0n) is 12.9. The highest BCUT2D eigenvalue weighted by Gasteiger charge is 2.26. The van der Waals surface area contributed by atoms with Crippen molar-refractivity contribution in [2.45, 2.75) is 12.5 Å². The summed E-state index contributed by atoms with van der Waals surface area (Å²) in [6.07, 6.45) is 0.903. The van der Waals surface area contributed by atoms with E-state index in [0.717, 1.165) is 0 Å². The quantitative estimate of drug-likeness (QED) is 0.726. The second-order valence-electron chi connectivity index (χ2n) is 5.07. The summed E-state index contributed by atoms with van der Waals surface area (Å²) in [5, 5.41) is 8.83. The Morgan fingerprint density at radius 3 is 3.04 bits per heavy atom. The van der Waals surface area contributed by atoms with Gasteiger partial charge in [-0.3, -0.25) is 9.59 Å². The van der Waals surface area contributed by atoms with Gasteiger partial charge < -0.3 is 24.2 Å². The second-order valence-corrected chi connectivity index (χ2v) is 5.07. The van der Waals surface area contributed by atoms with Gasteiger partial charge in [-0.2, -0.15) is 0 Å². The topological polar surface area (TPSA) is 98.2 Å². The van der Waals surface area contributed by atoms with Crippen molar-refractivity contribution in [3.8, 4) is 5.88 Å². The molecule has 8 nitrogen and oxygen atoms in total. The van der Waals surface area contributed by atoms with Crippen molar-refractivity contribution in [1.82, 2.24) is 9.88 Å². The standard InChI is InChI=1S/C15H20N2O6/c1-21-6-7-23-13-8-11(2-3-16-13)15(20)17-4-5-22-12(10-17)9-14(18)19/h2-3,8,12H,4-7,9-10H2,1H3,(H,18,19). The third-order valence-electron chi connectivity index (χ3n) is 3.35. The van der Waals surface area contributed by atoms with Gasteiger partial charge in [0.25, 0.3) is 5.91 Å². The largest absolute Gasteiger partial charge is 0.481 e. The molecule has 1 unspecified atom stereocenters. The number of morpholine rings is 1. The van der Waals surface area contributed by atoms with Crippen LogP contribution in [0.5, 0.6) is 5.88 Å². The molecule has 8 heteroatoms. The Kier molecular flexibility index (Phi) is 6.30. The van der Waals surface area contributed by atoms with Gasteiger partial charge in [0, 0.05) is 38.0 Å². The average Bonchev–Trinajstić information content (AvgIpc) is 2.54. The number of carboxylic acids is 1. The van der Waals surface area contributed by atoms with Gasteiger partial charge in [-0.15, -0.1) is 0 Å². The summed E-state index contributed by atoms with van der Waals surface area (Å²) in [5.74, 6) is -0.784. The van der Waals surface area contributed by atoms with E-state index in [-0.39, 0.29) is 18.9 Å². The first-order valence-corrected chi connectivity index (χ1v) is 7.30. The SMILES string of the molecule is COCCOc1cc(C(=O)N2CCOC(CC(=O)O)C2)ccn1. The van der Waals surface area contributed by atoms with Gasteiger partial charge in [0.2, 0.25) is 5.88 Å². The lowest BCUT2D eigenvalue weighted by Gasteiger charge is -2.32. The number of aliphatic carboxylic acids is 1. The Hall–Kier alpha value is -2.19. The number of methoxy groups -OCH3 is 1. The molecule has 2 heterocycles. The van der Waals surface area contributed by atoms with E-state index >= 15 is 0 Å². The fraction of sp³-hybridized carbons (Fsp3) is 0.533. The molecule has 1 aliphatic rings. The third-order valence-corrected chi connectivity index (χ3v) is 3.35. The Balaban J connectivity index is 1.98. The summed E-state index contributed by atoms with van der Waals surface area (Å²) < 4.78 is 15.6. The molecule has 0 spiro atoms. The Morgan fingerprint density at radius 1 is 1.48 bits per heavy atom. The van der Waals surface area contributed by atoms with Gasteiger partial charge >= 0.3 is 5.97 Å². The molecular formula is C15H20N2O6. The van der Waals surface area contributed by atoms with Gasteiger partial charge in [0.05, 0.1) is 25.7 Å². The number of nitrogens with zero attached hydrogens (tertiary/aromatic N) is 2. The van der Waals surface area contributed by atoms with Gasteiger partial charge in [-0.25, -0.2) is 4.98 Å². The minimum Gasteiger partial charge on any atom is -0.481 e. The monoisotopic (exact) mass is 324 g/mol. The number of amides is 1. The summed E-state index contributed by atoms with van der Waals surface area (Å²) in [6, 6.07) is 3.17. The van der Waals surface area contributed by atoms with Crippen molar-refractivity contribution in [3.05, 3.63) is 23.9 Å². The minimum atomic E-state index is -0.943. The van der Waals surface area contributed by atoms with Crippen LogP contribution in [0.2, 0.25) is 0 Å². The highest BCUT2D eigenvalue weighted by Crippen LogP contribution is 2.15. The van der Waals surface area contributed by atoms with Crippen LogP contribution in [-0.2, 0) is 14.3 Å². The summed E-state index contributed by atoms with van der Waals surface area (Å²) >= 11 is 0. The second kappa shape index (κ2) is 8.44. The first-order chi connectivity index (χ1) is 11.1. The summed E-state index contributed by atoms with van der Waals surface area (Å²) in [5.41, 5.74) is 0.448. The molecule has 0 bridgehead atoms. The van der Waals surface area contributed by atoms with Crippen LogP contribution in [0, 0.1) is 0 Å². The van der Waals surface area contributed by atoms with E-state index in [9.17, 15) is 9.59 Å². The van der Waals surface area contributed by atoms with E-state index in [1.54, 1.807) is 24.1 Å². The van der Waals surface area contributed by atoms with Crippen molar-refractivity contribution in [3.63, 3.8) is 0 Å². The van der Waals surface area contributed by atoms with E-state index < -0.39 is 12.1 Å². The Bertz CT molecular complexity index is 551. The first kappa shape index (κ1) is 17.2.